The number of fused-ring (bicyclic) bond motifs is 2. The number of halogens is 1. The zero-order chi connectivity index (χ0) is 51.5. The molecular formula is C45H69ClN8O14. The SMILES string of the molecule is CCCC(=O)N[C@@H](C)C(=O)N[C@H](C(=O)N[C@@H]1C(=O)N[C@@H](CC(C)C)C(=O)N[C@H]2CC[C@@H](O)N(C2=O)[C@@H]([C@@H](C)O)C(=O)N(C)[C@@H](Cc2ccc(O)c(Cl)c2)C(=O)N[C@@H](C(C)C)C(=O)O[C@@H]1C)[C@@H](C)O. The number of phenols is 1. The van der Waals surface area contributed by atoms with Crippen LogP contribution in [0.15, 0.2) is 18.2 Å². The summed E-state index contributed by atoms with van der Waals surface area (Å²) >= 11 is 6.19. The van der Waals surface area contributed by atoms with Crippen molar-refractivity contribution in [2.45, 2.75) is 174 Å². The van der Waals surface area contributed by atoms with Crippen molar-refractivity contribution in [1.82, 2.24) is 41.7 Å². The smallest absolute Gasteiger partial charge is 0.329 e. The Kier molecular flexibility index (Phi) is 21.0. The number of benzene rings is 1. The Hall–Kier alpha value is -5.58. The number of aliphatic hydroxyl groups is 3. The molecule has 0 saturated carbocycles. The molecule has 0 spiro atoms. The van der Waals surface area contributed by atoms with Gasteiger partial charge in [0.2, 0.25) is 47.3 Å². The minimum atomic E-state index is -1.86. The number of piperidine rings is 1. The third kappa shape index (κ3) is 15.0. The molecule has 2 aliphatic rings. The molecule has 2 saturated heterocycles. The summed E-state index contributed by atoms with van der Waals surface area (Å²) in [5.74, 6) is -9.72. The Morgan fingerprint density at radius 2 is 1.53 bits per heavy atom. The standard InChI is InChI=1S/C45H69ClN8O14/c1-11-12-32(58)47-22(6)38(60)51-35(23(7)55)41(63)52-36-25(9)68-45(67)34(21(4)5)50-40(62)30(19-26-13-15-31(57)27(46)18-26)53(10)44(66)37(24(8)56)54-33(59)16-14-28(43(54)65)48-39(61)29(17-20(2)3)49-42(36)64/h13,15,18,20-25,28-30,33-37,55-57,59H,11-12,14,16-17,19H2,1-10H3,(H,47,58)(H,48,61)(H,49,64)(H,50,62)(H,51,60)(H,52,63)/t22-,23+,24+,25+,28-,29-,30-,33+,34-,35-,36-,37-/m0/s1. The van der Waals surface area contributed by atoms with E-state index < -0.39 is 132 Å². The van der Waals surface area contributed by atoms with Crippen LogP contribution in [-0.4, -0.2) is 163 Å². The average molecular weight is 982 g/mol. The number of esters is 1. The number of aromatic hydroxyl groups is 1. The first-order valence-electron chi connectivity index (χ1n) is 22.8. The summed E-state index contributed by atoms with van der Waals surface area (Å²) in [5, 5.41) is 58.1. The maximum atomic E-state index is 14.6. The number of amides is 8. The molecule has 2 heterocycles. The van der Waals surface area contributed by atoms with Crippen LogP contribution in [0.25, 0.3) is 0 Å². The lowest BCUT2D eigenvalue weighted by Crippen LogP contribution is -2.67. The second kappa shape index (κ2) is 25.2. The van der Waals surface area contributed by atoms with E-state index in [0.29, 0.717) is 12.0 Å². The topological polar surface area (TPSA) is 322 Å². The molecule has 0 aromatic heterocycles. The third-order valence-electron chi connectivity index (χ3n) is 11.7. The molecule has 0 aliphatic carbocycles. The molecule has 1 aromatic carbocycles. The van der Waals surface area contributed by atoms with Crippen LogP contribution in [0.1, 0.15) is 100.0 Å². The van der Waals surface area contributed by atoms with E-state index in [0.717, 1.165) is 9.80 Å². The molecule has 2 aliphatic heterocycles. The first-order valence-corrected chi connectivity index (χ1v) is 23.2. The fourth-order valence-corrected chi connectivity index (χ4v) is 8.03. The van der Waals surface area contributed by atoms with Gasteiger partial charge in [-0.3, -0.25) is 38.4 Å². The van der Waals surface area contributed by atoms with Crippen molar-refractivity contribution < 1.29 is 68.3 Å². The second-order valence-corrected chi connectivity index (χ2v) is 18.7. The van der Waals surface area contributed by atoms with Crippen molar-refractivity contribution >= 4 is 64.8 Å². The van der Waals surface area contributed by atoms with Gasteiger partial charge in [-0.25, -0.2) is 4.79 Å². The number of carbonyl (C=O) groups excluding carboxylic acids is 9. The first kappa shape index (κ1) is 56.7. The Labute approximate surface area is 401 Å². The van der Waals surface area contributed by atoms with Crippen molar-refractivity contribution in [3.8, 4) is 5.75 Å². The van der Waals surface area contributed by atoms with Crippen LogP contribution < -0.4 is 31.9 Å². The highest BCUT2D eigenvalue weighted by atomic mass is 35.5. The predicted molar refractivity (Wildman–Crippen MR) is 245 cm³/mol. The predicted octanol–water partition coefficient (Wildman–Crippen LogP) is -1.14. The molecule has 0 radical (unpaired) electrons. The number of likely N-dealkylation sites (N-methyl/N-ethyl adjacent to an activating group) is 1. The lowest BCUT2D eigenvalue weighted by atomic mass is 9.96. The minimum Gasteiger partial charge on any atom is -0.506 e. The lowest BCUT2D eigenvalue weighted by molar-refractivity contribution is -0.170. The zero-order valence-electron chi connectivity index (χ0n) is 40.2. The highest BCUT2D eigenvalue weighted by Crippen LogP contribution is 2.27. The van der Waals surface area contributed by atoms with Gasteiger partial charge in [0, 0.05) is 19.9 Å². The summed E-state index contributed by atoms with van der Waals surface area (Å²) in [7, 11) is 1.21. The summed E-state index contributed by atoms with van der Waals surface area (Å²) in [6.07, 6.45) is -6.53. The zero-order valence-corrected chi connectivity index (χ0v) is 41.0. The lowest BCUT2D eigenvalue weighted by Gasteiger charge is -2.43. The molecule has 10 N–H and O–H groups in total. The van der Waals surface area contributed by atoms with E-state index in [9.17, 15) is 63.6 Å². The fraction of sp³-hybridized carbons (Fsp3) is 0.667. The van der Waals surface area contributed by atoms with Gasteiger partial charge in [0.05, 0.1) is 17.2 Å². The van der Waals surface area contributed by atoms with Gasteiger partial charge < -0.3 is 66.9 Å². The summed E-state index contributed by atoms with van der Waals surface area (Å²) in [6, 6.07) is -8.38. The van der Waals surface area contributed by atoms with Gasteiger partial charge in [0.1, 0.15) is 66.4 Å². The Morgan fingerprint density at radius 3 is 2.09 bits per heavy atom. The summed E-state index contributed by atoms with van der Waals surface area (Å²) < 4.78 is 5.79. The number of ether oxygens (including phenoxy) is 1. The van der Waals surface area contributed by atoms with Crippen LogP contribution in [0.4, 0.5) is 0 Å². The highest BCUT2D eigenvalue weighted by Gasteiger charge is 2.47. The number of phenolic OH excluding ortho intramolecular Hbond substituents is 1. The molecule has 23 heteroatoms. The Balaban J connectivity index is 2.20. The molecule has 2 bridgehead atoms. The molecule has 2 fully saturated rings. The molecule has 0 unspecified atom stereocenters. The van der Waals surface area contributed by atoms with Crippen molar-refractivity contribution in [2.75, 3.05) is 7.05 Å². The van der Waals surface area contributed by atoms with E-state index in [1.165, 1.54) is 52.9 Å². The number of aliphatic hydroxyl groups excluding tert-OH is 3. The molecule has 3 rings (SSSR count). The van der Waals surface area contributed by atoms with Gasteiger partial charge in [-0.1, -0.05) is 52.3 Å². The molecule has 22 nitrogen and oxygen atoms in total. The van der Waals surface area contributed by atoms with Crippen molar-refractivity contribution in [2.24, 2.45) is 11.8 Å². The Bertz CT molecular complexity index is 2020. The van der Waals surface area contributed by atoms with E-state index in [-0.39, 0.29) is 48.8 Å². The van der Waals surface area contributed by atoms with Crippen molar-refractivity contribution in [3.63, 3.8) is 0 Å². The molecule has 12 atom stereocenters. The number of nitrogens with one attached hydrogen (secondary N) is 6. The van der Waals surface area contributed by atoms with Crippen LogP contribution >= 0.6 is 11.6 Å². The van der Waals surface area contributed by atoms with Crippen LogP contribution in [0.2, 0.25) is 5.02 Å². The number of rotatable bonds is 14. The van der Waals surface area contributed by atoms with Crippen LogP contribution in [-0.2, 0) is 54.3 Å². The van der Waals surface area contributed by atoms with Crippen molar-refractivity contribution in [3.05, 3.63) is 28.8 Å². The number of carbonyl (C=O) groups is 9. The van der Waals surface area contributed by atoms with E-state index in [2.05, 4.69) is 31.9 Å². The normalized spacial score (nSPS) is 26.5. The van der Waals surface area contributed by atoms with Gasteiger partial charge in [-0.2, -0.15) is 0 Å². The van der Waals surface area contributed by atoms with E-state index in [1.807, 2.05) is 0 Å². The maximum Gasteiger partial charge on any atom is 0.329 e. The molecule has 1 aromatic rings. The second-order valence-electron chi connectivity index (χ2n) is 18.3. The first-order chi connectivity index (χ1) is 31.7. The Morgan fingerprint density at radius 1 is 0.882 bits per heavy atom. The van der Waals surface area contributed by atoms with E-state index in [1.54, 1.807) is 34.6 Å². The number of hydrogen-bond donors (Lipinski definition) is 10. The molecule has 8 amide bonds. The minimum absolute atomic E-state index is 0.0394. The molecule has 380 valence electrons. The molecular weight excluding hydrogens is 912 g/mol. The number of nitrogens with zero attached hydrogens (tertiary/aromatic N) is 2. The van der Waals surface area contributed by atoms with Crippen LogP contribution in [0.5, 0.6) is 5.75 Å². The van der Waals surface area contributed by atoms with Gasteiger partial charge in [-0.05, 0) is 82.9 Å². The largest absolute Gasteiger partial charge is 0.506 e. The number of hydrogen-bond acceptors (Lipinski definition) is 14. The van der Waals surface area contributed by atoms with Gasteiger partial charge in [0.25, 0.3) is 0 Å². The summed E-state index contributed by atoms with van der Waals surface area (Å²) in [6.45, 7) is 13.3. The monoisotopic (exact) mass is 980 g/mol. The highest BCUT2D eigenvalue weighted by molar-refractivity contribution is 6.32. The molecule has 68 heavy (non-hydrogen) atoms. The number of cyclic esters (lactones) is 1. The maximum absolute atomic E-state index is 14.6. The van der Waals surface area contributed by atoms with Crippen molar-refractivity contribution in [1.29, 1.82) is 0 Å². The average Bonchev–Trinajstić information content (AvgIpc) is 3.24. The van der Waals surface area contributed by atoms with Crippen LogP contribution in [0.3, 0.4) is 0 Å². The quantitative estimate of drug-likeness (QED) is 0.0987. The fourth-order valence-electron chi connectivity index (χ4n) is 7.82. The van der Waals surface area contributed by atoms with Gasteiger partial charge in [0.15, 0.2) is 0 Å². The van der Waals surface area contributed by atoms with E-state index in [4.69, 9.17) is 16.3 Å². The van der Waals surface area contributed by atoms with Gasteiger partial charge >= 0.3 is 5.97 Å². The summed E-state index contributed by atoms with van der Waals surface area (Å²) in [5.41, 5.74) is 0.330. The van der Waals surface area contributed by atoms with E-state index >= 15 is 0 Å². The third-order valence-corrected chi connectivity index (χ3v) is 12.0. The summed E-state index contributed by atoms with van der Waals surface area (Å²) in [4.78, 5) is 127. The van der Waals surface area contributed by atoms with Crippen LogP contribution in [0, 0.1) is 11.8 Å². The van der Waals surface area contributed by atoms with Gasteiger partial charge in [-0.15, -0.1) is 0 Å².